The summed E-state index contributed by atoms with van der Waals surface area (Å²) in [7, 11) is 0. The van der Waals surface area contributed by atoms with Crippen LogP contribution < -0.4 is 5.11 Å². The smallest absolute Gasteiger partial charge is 0.0414 e. The number of rotatable bonds is 4. The lowest BCUT2D eigenvalue weighted by Gasteiger charge is -2.15. The number of carbonyl (C=O) groups is 1. The van der Waals surface area contributed by atoms with Crippen molar-refractivity contribution < 1.29 is 9.90 Å². The van der Waals surface area contributed by atoms with Crippen molar-refractivity contribution in [3.8, 4) is 0 Å². The minimum absolute atomic E-state index is 0.133. The molecule has 1 atom stereocenters. The molecule has 0 saturated heterocycles. The van der Waals surface area contributed by atoms with Crippen LogP contribution in [0.4, 0.5) is 0 Å². The first-order valence-corrected chi connectivity index (χ1v) is 5.27. The molecule has 0 radical (unpaired) electrons. The second kappa shape index (κ2) is 4.96. The highest BCUT2D eigenvalue weighted by molar-refractivity contribution is 5.64. The van der Waals surface area contributed by atoms with Gasteiger partial charge in [0, 0.05) is 5.97 Å². The Labute approximate surface area is 90.9 Å². The molecule has 0 fully saturated rings. The van der Waals surface area contributed by atoms with Crippen LogP contribution >= 0.6 is 0 Å². The minimum Gasteiger partial charge on any atom is -0.550 e. The zero-order chi connectivity index (χ0) is 11.4. The van der Waals surface area contributed by atoms with E-state index in [1.807, 2.05) is 0 Å². The average molecular weight is 205 g/mol. The summed E-state index contributed by atoms with van der Waals surface area (Å²) in [5.74, 6) is -0.685. The van der Waals surface area contributed by atoms with Crippen molar-refractivity contribution in [1.29, 1.82) is 0 Å². The molecule has 1 unspecified atom stereocenters. The molecule has 0 amide bonds. The van der Waals surface area contributed by atoms with E-state index < -0.39 is 5.97 Å². The molecule has 0 aliphatic rings. The third-order valence-corrected chi connectivity index (χ3v) is 2.75. The monoisotopic (exact) mass is 205 g/mol. The standard InChI is InChI=1S/C13H18O2/c1-9-4-5-10(2)12(8-9)11(3)6-7-13(14)15/h4-5,8,11H,6-7H2,1-3H3,(H,14,15)/p-1. The van der Waals surface area contributed by atoms with Gasteiger partial charge in [-0.2, -0.15) is 0 Å². The average Bonchev–Trinajstić information content (AvgIpc) is 2.18. The maximum absolute atomic E-state index is 10.4. The molecule has 0 spiro atoms. The normalized spacial score (nSPS) is 12.5. The Balaban J connectivity index is 2.76. The molecular formula is C13H17O2-. The summed E-state index contributed by atoms with van der Waals surface area (Å²) in [6, 6.07) is 6.29. The van der Waals surface area contributed by atoms with Crippen LogP contribution in [0.15, 0.2) is 18.2 Å². The molecule has 2 heteroatoms. The van der Waals surface area contributed by atoms with Crippen LogP contribution in [0.5, 0.6) is 0 Å². The maximum atomic E-state index is 10.4. The van der Waals surface area contributed by atoms with E-state index in [0.717, 1.165) is 0 Å². The van der Waals surface area contributed by atoms with Gasteiger partial charge >= 0.3 is 0 Å². The molecule has 1 aromatic carbocycles. The quantitative estimate of drug-likeness (QED) is 0.753. The molecule has 0 saturated carbocycles. The van der Waals surface area contributed by atoms with Gasteiger partial charge in [-0.25, -0.2) is 0 Å². The largest absolute Gasteiger partial charge is 0.550 e. The van der Waals surface area contributed by atoms with Gasteiger partial charge in [0.05, 0.1) is 0 Å². The van der Waals surface area contributed by atoms with Gasteiger partial charge in [0.2, 0.25) is 0 Å². The van der Waals surface area contributed by atoms with E-state index in [9.17, 15) is 9.90 Å². The van der Waals surface area contributed by atoms with Crippen LogP contribution in [0.3, 0.4) is 0 Å². The molecule has 0 heterocycles. The third-order valence-electron chi connectivity index (χ3n) is 2.75. The van der Waals surface area contributed by atoms with Crippen LogP contribution in [0.1, 0.15) is 42.4 Å². The lowest BCUT2D eigenvalue weighted by atomic mass is 9.91. The van der Waals surface area contributed by atoms with Gasteiger partial charge in [-0.3, -0.25) is 0 Å². The number of aliphatic carboxylic acids is 1. The van der Waals surface area contributed by atoms with Crippen LogP contribution in [-0.2, 0) is 4.79 Å². The minimum atomic E-state index is -0.966. The SMILES string of the molecule is Cc1ccc(C)c(C(C)CCC(=O)[O-])c1. The van der Waals surface area contributed by atoms with Crippen molar-refractivity contribution >= 4 is 5.97 Å². The second-order valence-electron chi connectivity index (χ2n) is 4.17. The Hall–Kier alpha value is -1.31. The highest BCUT2D eigenvalue weighted by atomic mass is 16.4. The van der Waals surface area contributed by atoms with E-state index in [-0.39, 0.29) is 12.3 Å². The Kier molecular flexibility index (Phi) is 3.89. The summed E-state index contributed by atoms with van der Waals surface area (Å²) in [6.45, 7) is 6.17. The predicted molar refractivity (Wildman–Crippen MR) is 58.6 cm³/mol. The van der Waals surface area contributed by atoms with Gasteiger partial charge in [-0.1, -0.05) is 30.7 Å². The van der Waals surface area contributed by atoms with Crippen molar-refractivity contribution in [2.75, 3.05) is 0 Å². The number of hydrogen-bond acceptors (Lipinski definition) is 2. The summed E-state index contributed by atoms with van der Waals surface area (Å²) in [5, 5.41) is 10.4. The molecule has 1 aromatic rings. The number of benzene rings is 1. The van der Waals surface area contributed by atoms with E-state index in [2.05, 4.69) is 39.0 Å². The highest BCUT2D eigenvalue weighted by Crippen LogP contribution is 2.24. The Morgan fingerprint density at radius 3 is 2.67 bits per heavy atom. The first kappa shape index (κ1) is 11.8. The van der Waals surface area contributed by atoms with Gasteiger partial charge in [-0.05, 0) is 43.7 Å². The molecule has 0 aliphatic carbocycles. The van der Waals surface area contributed by atoms with Crippen molar-refractivity contribution in [1.82, 2.24) is 0 Å². The number of hydrogen-bond donors (Lipinski definition) is 0. The van der Waals surface area contributed by atoms with Gasteiger partial charge in [0.1, 0.15) is 0 Å². The van der Waals surface area contributed by atoms with E-state index in [1.165, 1.54) is 16.7 Å². The molecule has 15 heavy (non-hydrogen) atoms. The fourth-order valence-electron chi connectivity index (χ4n) is 1.78. The summed E-state index contributed by atoms with van der Waals surface area (Å²) >= 11 is 0. The zero-order valence-electron chi connectivity index (χ0n) is 9.54. The number of carboxylic acids is 1. The summed E-state index contributed by atoms with van der Waals surface area (Å²) in [4.78, 5) is 10.4. The van der Waals surface area contributed by atoms with Crippen molar-refractivity contribution in [2.24, 2.45) is 0 Å². The molecule has 0 bridgehead atoms. The van der Waals surface area contributed by atoms with E-state index in [4.69, 9.17) is 0 Å². The first-order valence-electron chi connectivity index (χ1n) is 5.27. The fourth-order valence-corrected chi connectivity index (χ4v) is 1.78. The van der Waals surface area contributed by atoms with Crippen molar-refractivity contribution in [3.05, 3.63) is 34.9 Å². The van der Waals surface area contributed by atoms with Crippen LogP contribution in [-0.4, -0.2) is 5.97 Å². The lowest BCUT2D eigenvalue weighted by Crippen LogP contribution is -2.22. The molecule has 2 nitrogen and oxygen atoms in total. The fraction of sp³-hybridized carbons (Fsp3) is 0.462. The molecular weight excluding hydrogens is 188 g/mol. The second-order valence-corrected chi connectivity index (χ2v) is 4.17. The summed E-state index contributed by atoms with van der Waals surface area (Å²) in [5.41, 5.74) is 3.69. The van der Waals surface area contributed by atoms with Gasteiger partial charge < -0.3 is 9.90 Å². The molecule has 82 valence electrons. The van der Waals surface area contributed by atoms with Crippen molar-refractivity contribution in [3.63, 3.8) is 0 Å². The van der Waals surface area contributed by atoms with Gasteiger partial charge in [0.25, 0.3) is 0 Å². The van der Waals surface area contributed by atoms with Crippen LogP contribution in [0.2, 0.25) is 0 Å². The van der Waals surface area contributed by atoms with Gasteiger partial charge in [-0.15, -0.1) is 0 Å². The van der Waals surface area contributed by atoms with E-state index >= 15 is 0 Å². The maximum Gasteiger partial charge on any atom is 0.0414 e. The number of carboxylic acid groups (broad SMARTS) is 1. The molecule has 0 aliphatic heterocycles. The van der Waals surface area contributed by atoms with E-state index in [0.29, 0.717) is 6.42 Å². The van der Waals surface area contributed by atoms with Gasteiger partial charge in [0.15, 0.2) is 0 Å². The Bertz CT molecular complexity index is 356. The topological polar surface area (TPSA) is 40.1 Å². The summed E-state index contributed by atoms with van der Waals surface area (Å²) in [6.07, 6.45) is 0.779. The van der Waals surface area contributed by atoms with E-state index in [1.54, 1.807) is 0 Å². The first-order chi connectivity index (χ1) is 7.00. The zero-order valence-corrected chi connectivity index (χ0v) is 9.54. The summed E-state index contributed by atoms with van der Waals surface area (Å²) < 4.78 is 0. The Morgan fingerprint density at radius 2 is 2.07 bits per heavy atom. The molecule has 0 N–H and O–H groups in total. The molecule has 1 rings (SSSR count). The molecule has 0 aromatic heterocycles. The Morgan fingerprint density at radius 1 is 1.40 bits per heavy atom. The van der Waals surface area contributed by atoms with Crippen molar-refractivity contribution in [2.45, 2.75) is 39.5 Å². The number of aryl methyl sites for hydroxylation is 2. The number of carbonyl (C=O) groups excluding carboxylic acids is 1. The third kappa shape index (κ3) is 3.39. The predicted octanol–water partition coefficient (Wildman–Crippen LogP) is 1.94. The highest BCUT2D eigenvalue weighted by Gasteiger charge is 2.08. The van der Waals surface area contributed by atoms with Crippen LogP contribution in [0.25, 0.3) is 0 Å². The lowest BCUT2D eigenvalue weighted by molar-refractivity contribution is -0.305. The van der Waals surface area contributed by atoms with Crippen LogP contribution in [0, 0.1) is 13.8 Å².